The molecule has 1 amide bonds. The second kappa shape index (κ2) is 9.95. The van der Waals surface area contributed by atoms with Crippen molar-refractivity contribution < 1.29 is 18.7 Å². The summed E-state index contributed by atoms with van der Waals surface area (Å²) in [5, 5.41) is 23.4. The van der Waals surface area contributed by atoms with Gasteiger partial charge in [-0.2, -0.15) is 10.5 Å². The molecule has 0 radical (unpaired) electrons. The molecule has 8 nitrogen and oxygen atoms in total. The van der Waals surface area contributed by atoms with Crippen molar-refractivity contribution in [1.29, 1.82) is 10.5 Å². The largest absolute Gasteiger partial charge is 0.488 e. The van der Waals surface area contributed by atoms with Crippen LogP contribution in [0, 0.1) is 39.3 Å². The number of ether oxygens (including phenoxy) is 2. The maximum Gasteiger partial charge on any atom is 0.407 e. The molecule has 1 fully saturated rings. The molecule has 42 heavy (non-hydrogen) atoms. The zero-order valence-electron chi connectivity index (χ0n) is 24.7. The van der Waals surface area contributed by atoms with E-state index in [4.69, 9.17) is 9.47 Å². The second-order valence-electron chi connectivity index (χ2n) is 12.8. The molecule has 5 rings (SSSR count). The van der Waals surface area contributed by atoms with E-state index in [0.717, 1.165) is 0 Å². The van der Waals surface area contributed by atoms with E-state index in [9.17, 15) is 15.3 Å². The highest BCUT2D eigenvalue weighted by Gasteiger charge is 2.64. The van der Waals surface area contributed by atoms with Gasteiger partial charge < -0.3 is 14.8 Å². The Labute approximate surface area is 244 Å². The van der Waals surface area contributed by atoms with Gasteiger partial charge in [0.15, 0.2) is 0 Å². The van der Waals surface area contributed by atoms with E-state index >= 15 is 4.39 Å². The van der Waals surface area contributed by atoms with E-state index in [2.05, 4.69) is 27.4 Å². The van der Waals surface area contributed by atoms with Crippen LogP contribution in [-0.2, 0) is 4.74 Å². The summed E-state index contributed by atoms with van der Waals surface area (Å²) in [6, 6.07) is 15.4. The van der Waals surface area contributed by atoms with E-state index < -0.39 is 28.3 Å². The number of amides is 1. The predicted molar refractivity (Wildman–Crippen MR) is 157 cm³/mol. The molecule has 1 N–H and O–H groups in total. The summed E-state index contributed by atoms with van der Waals surface area (Å²) in [7, 11) is 0. The monoisotopic (exact) mass is 565 g/mol. The summed E-state index contributed by atoms with van der Waals surface area (Å²) in [5.41, 5.74) is 0.0609. The van der Waals surface area contributed by atoms with Crippen molar-refractivity contribution in [2.75, 3.05) is 0 Å². The smallest absolute Gasteiger partial charge is 0.407 e. The molecule has 0 aliphatic heterocycles. The average Bonchev–Trinajstić information content (AvgIpc) is 2.93. The molecule has 4 aromatic rings. The summed E-state index contributed by atoms with van der Waals surface area (Å²) in [6.07, 6.45) is 0.728. The third-order valence-electron chi connectivity index (χ3n) is 7.90. The zero-order chi connectivity index (χ0) is 30.6. The number of rotatable bonds is 4. The van der Waals surface area contributed by atoms with Crippen molar-refractivity contribution in [2.45, 2.75) is 66.2 Å². The number of alkyl carbamates (subject to hydrolysis) is 1. The van der Waals surface area contributed by atoms with Crippen molar-refractivity contribution in [3.63, 3.8) is 0 Å². The number of pyridine rings is 2. The topological polar surface area (TPSA) is 121 Å². The number of nitrogens with zero attached hydrogens (tertiary/aromatic N) is 4. The third kappa shape index (κ3) is 4.75. The average molecular weight is 566 g/mol. The van der Waals surface area contributed by atoms with Gasteiger partial charge in [0.2, 0.25) is 0 Å². The number of carbonyl (C=O) groups excluding carboxylic acids is 1. The van der Waals surface area contributed by atoms with Crippen molar-refractivity contribution in [2.24, 2.45) is 10.8 Å². The molecule has 2 heterocycles. The number of nitrogens with one attached hydrogen (secondary N) is 1. The molecule has 2 aromatic heterocycles. The fraction of sp³-hybridized carbons (Fsp3) is 0.364. The molecule has 0 bridgehead atoms. The molecule has 1 aliphatic carbocycles. The van der Waals surface area contributed by atoms with E-state index in [1.807, 2.05) is 48.5 Å². The Balaban J connectivity index is 1.52. The first-order chi connectivity index (χ1) is 19.7. The lowest BCUT2D eigenvalue weighted by molar-refractivity contribution is -0.166. The van der Waals surface area contributed by atoms with Crippen LogP contribution in [0.2, 0.25) is 0 Å². The van der Waals surface area contributed by atoms with Crippen LogP contribution in [0.3, 0.4) is 0 Å². The molecule has 214 valence electrons. The van der Waals surface area contributed by atoms with Gasteiger partial charge in [-0.25, -0.2) is 14.2 Å². The number of nitriles is 2. The number of aromatic nitrogens is 2. The van der Waals surface area contributed by atoms with Crippen LogP contribution in [0.5, 0.6) is 5.75 Å². The quantitative estimate of drug-likeness (QED) is 0.282. The number of hydrogen-bond donors (Lipinski definition) is 1. The summed E-state index contributed by atoms with van der Waals surface area (Å²) in [5.74, 6) is -0.0258. The second-order valence-corrected chi connectivity index (χ2v) is 12.8. The summed E-state index contributed by atoms with van der Waals surface area (Å²) >= 11 is 0. The lowest BCUT2D eigenvalue weighted by atomic mass is 9.49. The fourth-order valence-electron chi connectivity index (χ4n) is 6.38. The van der Waals surface area contributed by atoms with Gasteiger partial charge in [-0.15, -0.1) is 0 Å². The van der Waals surface area contributed by atoms with Crippen LogP contribution < -0.4 is 10.1 Å². The first kappa shape index (κ1) is 28.8. The fourth-order valence-corrected chi connectivity index (χ4v) is 6.38. The molecule has 0 saturated heterocycles. The van der Waals surface area contributed by atoms with Gasteiger partial charge in [0, 0.05) is 39.4 Å². The Morgan fingerprint density at radius 3 is 2.31 bits per heavy atom. The highest BCUT2D eigenvalue weighted by molar-refractivity contribution is 5.93. The molecule has 0 unspecified atom stereocenters. The van der Waals surface area contributed by atoms with Crippen LogP contribution >= 0.6 is 0 Å². The van der Waals surface area contributed by atoms with Gasteiger partial charge in [0.1, 0.15) is 35.4 Å². The Morgan fingerprint density at radius 2 is 1.67 bits per heavy atom. The Bertz CT molecular complexity index is 1810. The van der Waals surface area contributed by atoms with Gasteiger partial charge in [0.25, 0.3) is 0 Å². The Hall–Kier alpha value is -4.76. The van der Waals surface area contributed by atoms with Crippen molar-refractivity contribution in [3.8, 4) is 29.1 Å². The van der Waals surface area contributed by atoms with E-state index in [1.165, 1.54) is 12.3 Å². The number of carbonyl (C=O) groups is 1. The molecule has 9 heteroatoms. The third-order valence-corrected chi connectivity index (χ3v) is 7.90. The SMILES string of the molecule is CC(C)(C)OC(=O)N[C@H]1C(C)(C)[C@H](Oc2ccc(C#N)c3nc(-c4cc(C#N)c5ncccc5c4F)ccc23)C1(C)C. The van der Waals surface area contributed by atoms with Crippen LogP contribution in [-0.4, -0.2) is 33.8 Å². The first-order valence-electron chi connectivity index (χ1n) is 13.7. The minimum atomic E-state index is -0.617. The minimum Gasteiger partial charge on any atom is -0.488 e. The van der Waals surface area contributed by atoms with E-state index in [0.29, 0.717) is 22.2 Å². The standard InChI is InChI=1S/C33H32FN5O3/c1-31(2,3)42-30(40)39-28-32(4,5)29(33(28,6)7)41-24-13-10-18(16-35)27-20(24)11-12-23(38-27)22-15-19(17-36)26-21(25(22)34)9-8-14-37-26/h8-15,28-29H,1-7H3,(H,39,40)/t28-,29-. The first-order valence-corrected chi connectivity index (χ1v) is 13.7. The van der Waals surface area contributed by atoms with Crippen LogP contribution in [0.4, 0.5) is 9.18 Å². The lowest BCUT2D eigenvalue weighted by Crippen LogP contribution is -2.74. The summed E-state index contributed by atoms with van der Waals surface area (Å²) < 4.78 is 27.7. The molecular weight excluding hydrogens is 533 g/mol. The van der Waals surface area contributed by atoms with E-state index in [-0.39, 0.29) is 39.9 Å². The highest BCUT2D eigenvalue weighted by Crippen LogP contribution is 2.56. The highest BCUT2D eigenvalue weighted by atomic mass is 19.1. The van der Waals surface area contributed by atoms with Crippen LogP contribution in [0.15, 0.2) is 48.7 Å². The zero-order valence-corrected chi connectivity index (χ0v) is 24.7. The summed E-state index contributed by atoms with van der Waals surface area (Å²) in [6.45, 7) is 13.6. The van der Waals surface area contributed by atoms with Gasteiger partial charge in [-0.1, -0.05) is 27.7 Å². The van der Waals surface area contributed by atoms with Gasteiger partial charge in [-0.05, 0) is 63.2 Å². The van der Waals surface area contributed by atoms with Crippen molar-refractivity contribution in [3.05, 3.63) is 65.6 Å². The number of fused-ring (bicyclic) bond motifs is 2. The maximum absolute atomic E-state index is 15.6. The molecule has 2 aromatic carbocycles. The number of benzene rings is 2. The van der Waals surface area contributed by atoms with Crippen LogP contribution in [0.1, 0.15) is 59.6 Å². The molecular formula is C33H32FN5O3. The number of hydrogen-bond acceptors (Lipinski definition) is 7. The normalized spacial score (nSPS) is 18.9. The van der Waals surface area contributed by atoms with Gasteiger partial charge in [-0.3, -0.25) is 4.98 Å². The van der Waals surface area contributed by atoms with Gasteiger partial charge >= 0.3 is 6.09 Å². The van der Waals surface area contributed by atoms with Gasteiger partial charge in [0.05, 0.1) is 27.9 Å². The maximum atomic E-state index is 15.6. The molecule has 1 saturated carbocycles. The Morgan fingerprint density at radius 1 is 0.976 bits per heavy atom. The molecule has 1 aliphatic rings. The molecule has 0 spiro atoms. The van der Waals surface area contributed by atoms with Crippen molar-refractivity contribution in [1.82, 2.24) is 15.3 Å². The lowest BCUT2D eigenvalue weighted by Gasteiger charge is -2.62. The summed E-state index contributed by atoms with van der Waals surface area (Å²) in [4.78, 5) is 21.4. The Kier molecular flexibility index (Phi) is 6.82. The minimum absolute atomic E-state index is 0.140. The number of halogens is 1. The van der Waals surface area contributed by atoms with Crippen LogP contribution in [0.25, 0.3) is 33.1 Å². The molecule has 0 atom stereocenters. The van der Waals surface area contributed by atoms with Crippen molar-refractivity contribution >= 4 is 27.9 Å². The predicted octanol–water partition coefficient (Wildman–Crippen LogP) is 7.04. The van der Waals surface area contributed by atoms with E-state index in [1.54, 1.807) is 36.4 Å².